The van der Waals surface area contributed by atoms with Gasteiger partial charge in [-0.1, -0.05) is 26.0 Å². The molecule has 1 aromatic carbocycles. The van der Waals surface area contributed by atoms with Gasteiger partial charge < -0.3 is 5.32 Å². The van der Waals surface area contributed by atoms with E-state index in [0.29, 0.717) is 0 Å². The van der Waals surface area contributed by atoms with Crippen LogP contribution in [0.1, 0.15) is 61.8 Å². The van der Waals surface area contributed by atoms with Gasteiger partial charge >= 0.3 is 6.03 Å². The topological polar surface area (TPSA) is 44.4 Å². The number of nitrogens with zero attached hydrogens (tertiary/aromatic N) is 1. The largest absolute Gasteiger partial charge is 0.329 e. The number of rotatable bonds is 9. The average molecular weight is 388 g/mol. The Hall–Kier alpha value is -1.46. The molecular formula is C22H33N3OS. The summed E-state index contributed by atoms with van der Waals surface area (Å²) in [6.07, 6.45) is 11.4. The van der Waals surface area contributed by atoms with E-state index in [2.05, 4.69) is 40.9 Å². The van der Waals surface area contributed by atoms with E-state index in [4.69, 9.17) is 0 Å². The summed E-state index contributed by atoms with van der Waals surface area (Å²) in [4.78, 5) is 14.9. The SMILES string of the molecule is CCCN(C/C=C/SNC(=O)Nc1c2c(cc3c1CCC3)CCC2)CCC. The summed E-state index contributed by atoms with van der Waals surface area (Å²) in [6.45, 7) is 7.62. The van der Waals surface area contributed by atoms with Crippen molar-refractivity contribution in [3.63, 3.8) is 0 Å². The molecule has 0 aliphatic heterocycles. The monoisotopic (exact) mass is 387 g/mol. The normalized spacial score (nSPS) is 15.4. The lowest BCUT2D eigenvalue weighted by Gasteiger charge is -2.18. The number of hydrogen-bond acceptors (Lipinski definition) is 3. The van der Waals surface area contributed by atoms with Crippen molar-refractivity contribution in [2.24, 2.45) is 0 Å². The van der Waals surface area contributed by atoms with E-state index >= 15 is 0 Å². The number of fused-ring (bicyclic) bond motifs is 2. The molecule has 0 unspecified atom stereocenters. The summed E-state index contributed by atoms with van der Waals surface area (Å²) < 4.78 is 2.91. The molecule has 2 aliphatic rings. The number of carbonyl (C=O) groups excluding carboxylic acids is 1. The average Bonchev–Trinajstić information content (AvgIpc) is 3.30. The molecule has 0 atom stereocenters. The molecule has 0 bridgehead atoms. The van der Waals surface area contributed by atoms with Gasteiger partial charge in [0.1, 0.15) is 0 Å². The second-order valence-electron chi connectivity index (χ2n) is 7.58. The van der Waals surface area contributed by atoms with E-state index in [0.717, 1.165) is 51.0 Å². The Labute approximate surface area is 168 Å². The summed E-state index contributed by atoms with van der Waals surface area (Å²) in [6, 6.07) is 2.28. The van der Waals surface area contributed by atoms with Gasteiger partial charge in [0.15, 0.2) is 0 Å². The predicted molar refractivity (Wildman–Crippen MR) is 116 cm³/mol. The zero-order chi connectivity index (χ0) is 19.1. The van der Waals surface area contributed by atoms with Crippen molar-refractivity contribution in [3.8, 4) is 0 Å². The fourth-order valence-electron chi connectivity index (χ4n) is 4.36. The smallest absolute Gasteiger partial charge is 0.307 e. The van der Waals surface area contributed by atoms with Crippen molar-refractivity contribution in [1.29, 1.82) is 0 Å². The highest BCUT2D eigenvalue weighted by molar-refractivity contribution is 8.00. The van der Waals surface area contributed by atoms with E-state index in [9.17, 15) is 4.79 Å². The first-order chi connectivity index (χ1) is 13.2. The van der Waals surface area contributed by atoms with E-state index in [1.807, 2.05) is 5.41 Å². The standard InChI is InChI=1S/C22H33N3OS/c1-3-12-25(13-4-2)14-7-15-27-24-22(26)23-21-19-10-5-8-17(19)16-18-9-6-11-20(18)21/h7,15-16H,3-6,8-14H2,1-2H3,(H2,23,24,26)/b15-7+. The molecule has 0 aromatic heterocycles. The highest BCUT2D eigenvalue weighted by Crippen LogP contribution is 2.38. The molecule has 1 aromatic rings. The van der Waals surface area contributed by atoms with Crippen molar-refractivity contribution in [3.05, 3.63) is 39.8 Å². The Balaban J connectivity index is 1.51. The van der Waals surface area contributed by atoms with Crippen LogP contribution in [0, 0.1) is 0 Å². The van der Waals surface area contributed by atoms with Crippen LogP contribution in [-0.4, -0.2) is 30.6 Å². The van der Waals surface area contributed by atoms with Crippen molar-refractivity contribution in [2.45, 2.75) is 65.2 Å². The molecular weight excluding hydrogens is 354 g/mol. The number of carbonyl (C=O) groups is 1. The number of urea groups is 1. The molecule has 0 radical (unpaired) electrons. The van der Waals surface area contributed by atoms with Crippen molar-refractivity contribution in [2.75, 3.05) is 25.0 Å². The molecule has 0 saturated carbocycles. The molecule has 3 rings (SSSR count). The van der Waals surface area contributed by atoms with Crippen molar-refractivity contribution < 1.29 is 4.79 Å². The summed E-state index contributed by atoms with van der Waals surface area (Å²) >= 11 is 1.36. The molecule has 0 spiro atoms. The molecule has 2 N–H and O–H groups in total. The summed E-state index contributed by atoms with van der Waals surface area (Å²) in [5.74, 6) is 0. The summed E-state index contributed by atoms with van der Waals surface area (Å²) in [5, 5.41) is 5.15. The molecule has 0 heterocycles. The molecule has 4 nitrogen and oxygen atoms in total. The highest BCUT2D eigenvalue weighted by atomic mass is 32.2. The van der Waals surface area contributed by atoms with Crippen molar-refractivity contribution >= 4 is 23.7 Å². The number of hydrogen-bond donors (Lipinski definition) is 2. The maximum Gasteiger partial charge on any atom is 0.329 e. The third-order valence-electron chi connectivity index (χ3n) is 5.47. The zero-order valence-corrected chi connectivity index (χ0v) is 17.6. The van der Waals surface area contributed by atoms with E-state index in [1.165, 1.54) is 59.9 Å². The zero-order valence-electron chi connectivity index (χ0n) is 16.8. The van der Waals surface area contributed by atoms with Crippen LogP contribution >= 0.6 is 11.9 Å². The molecule has 2 aliphatic carbocycles. The summed E-state index contributed by atoms with van der Waals surface area (Å²) in [5.41, 5.74) is 6.76. The third-order valence-corrected chi connectivity index (χ3v) is 6.10. The van der Waals surface area contributed by atoms with Crippen LogP contribution in [0.5, 0.6) is 0 Å². The van der Waals surface area contributed by atoms with Gasteiger partial charge in [0.25, 0.3) is 0 Å². The second kappa shape index (κ2) is 10.2. The molecule has 5 heteroatoms. The fourth-order valence-corrected chi connectivity index (χ4v) is 4.77. The first kappa shape index (κ1) is 20.3. The van der Waals surface area contributed by atoms with Gasteiger partial charge in [-0.05, 0) is 104 Å². The fraction of sp³-hybridized carbons (Fsp3) is 0.591. The molecule has 2 amide bonds. The van der Waals surface area contributed by atoms with Crippen LogP contribution in [-0.2, 0) is 25.7 Å². The predicted octanol–water partition coefficient (Wildman–Crippen LogP) is 5.07. The second-order valence-corrected chi connectivity index (χ2v) is 8.29. The number of aryl methyl sites for hydroxylation is 2. The lowest BCUT2D eigenvalue weighted by molar-refractivity contribution is 0.257. The Kier molecular flexibility index (Phi) is 7.65. The van der Waals surface area contributed by atoms with E-state index in [1.54, 1.807) is 0 Å². The van der Waals surface area contributed by atoms with Crippen molar-refractivity contribution in [1.82, 2.24) is 9.62 Å². The van der Waals surface area contributed by atoms with Gasteiger partial charge in [0, 0.05) is 12.2 Å². The summed E-state index contributed by atoms with van der Waals surface area (Å²) in [7, 11) is 0. The van der Waals surface area contributed by atoms with Gasteiger partial charge in [-0.3, -0.25) is 9.62 Å². The minimum Gasteiger partial charge on any atom is -0.307 e. The van der Waals surface area contributed by atoms with Gasteiger partial charge in [-0.2, -0.15) is 0 Å². The Bertz CT molecular complexity index is 648. The maximum atomic E-state index is 12.4. The lowest BCUT2D eigenvalue weighted by atomic mass is 9.99. The van der Waals surface area contributed by atoms with Crippen LogP contribution in [0.3, 0.4) is 0 Å². The first-order valence-corrected chi connectivity index (χ1v) is 11.4. The van der Waals surface area contributed by atoms with Gasteiger partial charge in [0.05, 0.1) is 0 Å². The Morgan fingerprint density at radius 3 is 2.30 bits per heavy atom. The molecule has 148 valence electrons. The van der Waals surface area contributed by atoms with E-state index in [-0.39, 0.29) is 6.03 Å². The number of anilines is 1. The molecule has 27 heavy (non-hydrogen) atoms. The number of nitrogens with one attached hydrogen (secondary N) is 2. The van der Waals surface area contributed by atoms with E-state index < -0.39 is 0 Å². The minimum absolute atomic E-state index is 0.113. The van der Waals surface area contributed by atoms with Crippen LogP contribution in [0.25, 0.3) is 0 Å². The Morgan fingerprint density at radius 1 is 1.07 bits per heavy atom. The van der Waals surface area contributed by atoms with Gasteiger partial charge in [-0.15, -0.1) is 0 Å². The molecule has 0 fully saturated rings. The van der Waals surface area contributed by atoms with Crippen LogP contribution in [0.4, 0.5) is 10.5 Å². The lowest BCUT2D eigenvalue weighted by Crippen LogP contribution is -2.25. The van der Waals surface area contributed by atoms with Gasteiger partial charge in [-0.25, -0.2) is 4.79 Å². The maximum absolute atomic E-state index is 12.4. The highest BCUT2D eigenvalue weighted by Gasteiger charge is 2.24. The Morgan fingerprint density at radius 2 is 1.70 bits per heavy atom. The number of amides is 2. The quantitative estimate of drug-likeness (QED) is 0.582. The number of benzene rings is 1. The molecule has 0 saturated heterocycles. The van der Waals surface area contributed by atoms with Crippen LogP contribution < -0.4 is 10.0 Å². The van der Waals surface area contributed by atoms with Crippen LogP contribution in [0.15, 0.2) is 17.6 Å². The van der Waals surface area contributed by atoms with Gasteiger partial charge in [0.2, 0.25) is 0 Å². The van der Waals surface area contributed by atoms with Crippen LogP contribution in [0.2, 0.25) is 0 Å². The third kappa shape index (κ3) is 5.29. The minimum atomic E-state index is -0.113. The first-order valence-electron chi connectivity index (χ1n) is 10.5.